The van der Waals surface area contributed by atoms with Crippen molar-refractivity contribution in [2.45, 2.75) is 24.8 Å². The van der Waals surface area contributed by atoms with Crippen molar-refractivity contribution >= 4 is 15.8 Å². The zero-order valence-corrected chi connectivity index (χ0v) is 11.6. The first-order valence-corrected chi connectivity index (χ1v) is 7.22. The Hall–Kier alpha value is -1.18. The molecule has 0 aliphatic heterocycles. The van der Waals surface area contributed by atoms with E-state index in [1.807, 2.05) is 6.92 Å². The van der Waals surface area contributed by atoms with E-state index in [-0.39, 0.29) is 10.9 Å². The molecule has 0 amide bonds. The molecular formula is C11H19N3O3S. The fourth-order valence-corrected chi connectivity index (χ4v) is 2.84. The summed E-state index contributed by atoms with van der Waals surface area (Å²) < 4.78 is 32.0. The SMILES string of the molecule is CCOCC(C)NS(=O)(=O)c1cccnc1NC. The van der Waals surface area contributed by atoms with Crippen LogP contribution in [0.15, 0.2) is 23.2 Å². The quantitative estimate of drug-likeness (QED) is 0.769. The van der Waals surface area contributed by atoms with Gasteiger partial charge in [-0.05, 0) is 26.0 Å². The van der Waals surface area contributed by atoms with Gasteiger partial charge in [0.05, 0.1) is 6.61 Å². The van der Waals surface area contributed by atoms with Gasteiger partial charge in [0, 0.05) is 25.9 Å². The number of ether oxygens (including phenoxy) is 1. The molecule has 0 saturated heterocycles. The van der Waals surface area contributed by atoms with Gasteiger partial charge in [-0.1, -0.05) is 0 Å². The van der Waals surface area contributed by atoms with E-state index >= 15 is 0 Å². The van der Waals surface area contributed by atoms with Crippen LogP contribution in [0.4, 0.5) is 5.82 Å². The molecule has 1 aromatic heterocycles. The van der Waals surface area contributed by atoms with Gasteiger partial charge in [0.15, 0.2) is 0 Å². The highest BCUT2D eigenvalue weighted by atomic mass is 32.2. The normalized spacial score (nSPS) is 13.3. The number of aromatic nitrogens is 1. The predicted molar refractivity (Wildman–Crippen MR) is 70.1 cm³/mol. The van der Waals surface area contributed by atoms with Gasteiger partial charge in [-0.3, -0.25) is 0 Å². The number of hydrogen-bond donors (Lipinski definition) is 2. The molecule has 0 bridgehead atoms. The molecule has 0 aromatic carbocycles. The van der Waals surface area contributed by atoms with E-state index in [1.54, 1.807) is 20.0 Å². The van der Waals surface area contributed by atoms with Crippen LogP contribution in [0, 0.1) is 0 Å². The van der Waals surface area contributed by atoms with E-state index in [1.165, 1.54) is 12.3 Å². The van der Waals surface area contributed by atoms with Crippen molar-refractivity contribution in [3.05, 3.63) is 18.3 Å². The van der Waals surface area contributed by atoms with Crippen LogP contribution < -0.4 is 10.0 Å². The maximum Gasteiger partial charge on any atom is 0.244 e. The summed E-state index contributed by atoms with van der Waals surface area (Å²) in [5, 5.41) is 2.76. The second kappa shape index (κ2) is 6.67. The van der Waals surface area contributed by atoms with E-state index in [0.717, 1.165) is 0 Å². The molecule has 0 aliphatic rings. The Balaban J connectivity index is 2.86. The number of rotatable bonds is 7. The minimum absolute atomic E-state index is 0.135. The Morgan fingerprint density at radius 2 is 2.22 bits per heavy atom. The molecule has 7 heteroatoms. The first-order chi connectivity index (χ1) is 8.51. The number of pyridine rings is 1. The minimum Gasteiger partial charge on any atom is -0.380 e. The maximum atomic E-state index is 12.1. The average Bonchev–Trinajstić information content (AvgIpc) is 2.35. The van der Waals surface area contributed by atoms with Crippen LogP contribution in [-0.4, -0.2) is 39.7 Å². The van der Waals surface area contributed by atoms with Crippen molar-refractivity contribution in [2.75, 3.05) is 25.6 Å². The summed E-state index contributed by atoms with van der Waals surface area (Å²) in [7, 11) is -1.96. The predicted octanol–water partition coefficient (Wildman–Crippen LogP) is 0.827. The van der Waals surface area contributed by atoms with Gasteiger partial charge >= 0.3 is 0 Å². The van der Waals surface area contributed by atoms with Crippen LogP contribution in [0.25, 0.3) is 0 Å². The zero-order valence-electron chi connectivity index (χ0n) is 10.8. The molecule has 0 aliphatic carbocycles. The number of anilines is 1. The summed E-state index contributed by atoms with van der Waals surface area (Å²) in [6, 6.07) is 2.80. The van der Waals surface area contributed by atoms with Gasteiger partial charge in [-0.25, -0.2) is 18.1 Å². The van der Waals surface area contributed by atoms with Gasteiger partial charge < -0.3 is 10.1 Å². The Labute approximate surface area is 108 Å². The fraction of sp³-hybridized carbons (Fsp3) is 0.545. The third-order valence-electron chi connectivity index (χ3n) is 2.23. The average molecular weight is 273 g/mol. The van der Waals surface area contributed by atoms with Gasteiger partial charge in [0.1, 0.15) is 10.7 Å². The van der Waals surface area contributed by atoms with Crippen LogP contribution in [0.5, 0.6) is 0 Å². The molecule has 1 rings (SSSR count). The van der Waals surface area contributed by atoms with Crippen molar-refractivity contribution < 1.29 is 13.2 Å². The third-order valence-corrected chi connectivity index (χ3v) is 3.85. The van der Waals surface area contributed by atoms with Crippen LogP contribution in [0.3, 0.4) is 0 Å². The fourth-order valence-electron chi connectivity index (χ4n) is 1.45. The van der Waals surface area contributed by atoms with Crippen molar-refractivity contribution in [2.24, 2.45) is 0 Å². The number of sulfonamides is 1. The summed E-state index contributed by atoms with van der Waals surface area (Å²) in [6.07, 6.45) is 1.54. The van der Waals surface area contributed by atoms with Crippen molar-refractivity contribution in [3.8, 4) is 0 Å². The molecule has 1 heterocycles. The number of hydrogen-bond acceptors (Lipinski definition) is 5. The smallest absolute Gasteiger partial charge is 0.244 e. The van der Waals surface area contributed by atoms with E-state index in [9.17, 15) is 8.42 Å². The van der Waals surface area contributed by atoms with E-state index in [0.29, 0.717) is 19.0 Å². The second-order valence-electron chi connectivity index (χ2n) is 3.78. The zero-order chi connectivity index (χ0) is 13.6. The standard InChI is InChI=1S/C11H19N3O3S/c1-4-17-8-9(2)14-18(15,16)10-6-5-7-13-11(10)12-3/h5-7,9,14H,4,8H2,1-3H3,(H,12,13). The van der Waals surface area contributed by atoms with Gasteiger partial charge in [-0.2, -0.15) is 0 Å². The Kier molecular flexibility index (Phi) is 5.52. The van der Waals surface area contributed by atoms with E-state index in [2.05, 4.69) is 15.0 Å². The van der Waals surface area contributed by atoms with Crippen LogP contribution in [0.1, 0.15) is 13.8 Å². The Bertz CT molecular complexity index is 476. The lowest BCUT2D eigenvalue weighted by atomic mass is 10.4. The van der Waals surface area contributed by atoms with E-state index in [4.69, 9.17) is 4.74 Å². The van der Waals surface area contributed by atoms with Crippen LogP contribution in [0.2, 0.25) is 0 Å². The lowest BCUT2D eigenvalue weighted by Crippen LogP contribution is -2.36. The molecule has 0 spiro atoms. The molecule has 1 atom stereocenters. The van der Waals surface area contributed by atoms with Crippen LogP contribution in [-0.2, 0) is 14.8 Å². The summed E-state index contributed by atoms with van der Waals surface area (Å²) >= 11 is 0. The molecular weight excluding hydrogens is 254 g/mol. The highest BCUT2D eigenvalue weighted by Gasteiger charge is 2.21. The van der Waals surface area contributed by atoms with Crippen molar-refractivity contribution in [1.29, 1.82) is 0 Å². The van der Waals surface area contributed by atoms with Gasteiger partial charge in [0.2, 0.25) is 10.0 Å². The van der Waals surface area contributed by atoms with Crippen molar-refractivity contribution in [1.82, 2.24) is 9.71 Å². The largest absolute Gasteiger partial charge is 0.380 e. The minimum atomic E-state index is -3.59. The number of nitrogens with one attached hydrogen (secondary N) is 2. The highest BCUT2D eigenvalue weighted by Crippen LogP contribution is 2.17. The molecule has 0 saturated carbocycles. The second-order valence-corrected chi connectivity index (χ2v) is 5.46. The number of nitrogens with zero attached hydrogens (tertiary/aromatic N) is 1. The maximum absolute atomic E-state index is 12.1. The summed E-state index contributed by atoms with van der Waals surface area (Å²) in [5.74, 6) is 0.327. The molecule has 0 fully saturated rings. The van der Waals surface area contributed by atoms with Gasteiger partial charge in [-0.15, -0.1) is 0 Å². The molecule has 1 unspecified atom stereocenters. The topological polar surface area (TPSA) is 80.3 Å². The Morgan fingerprint density at radius 3 is 2.83 bits per heavy atom. The monoisotopic (exact) mass is 273 g/mol. The molecule has 0 radical (unpaired) electrons. The van der Waals surface area contributed by atoms with Gasteiger partial charge in [0.25, 0.3) is 0 Å². The molecule has 102 valence electrons. The first-order valence-electron chi connectivity index (χ1n) is 5.74. The Morgan fingerprint density at radius 1 is 1.50 bits per heavy atom. The summed E-state index contributed by atoms with van der Waals surface area (Å²) in [6.45, 7) is 4.51. The third kappa shape index (κ3) is 3.94. The van der Waals surface area contributed by atoms with Crippen molar-refractivity contribution in [3.63, 3.8) is 0 Å². The lowest BCUT2D eigenvalue weighted by Gasteiger charge is -2.15. The first kappa shape index (κ1) is 14.9. The molecule has 18 heavy (non-hydrogen) atoms. The highest BCUT2D eigenvalue weighted by molar-refractivity contribution is 7.89. The lowest BCUT2D eigenvalue weighted by molar-refractivity contribution is 0.133. The molecule has 1 aromatic rings. The summed E-state index contributed by atoms with van der Waals surface area (Å²) in [5.41, 5.74) is 0. The molecule has 6 nitrogen and oxygen atoms in total. The summed E-state index contributed by atoms with van der Waals surface area (Å²) in [4.78, 5) is 4.11. The van der Waals surface area contributed by atoms with E-state index < -0.39 is 10.0 Å². The van der Waals surface area contributed by atoms with Crippen LogP contribution >= 0.6 is 0 Å². The molecule has 2 N–H and O–H groups in total.